The molecule has 0 heterocycles. The Kier molecular flexibility index (Phi) is 12.9. The fourth-order valence-electron chi connectivity index (χ4n) is 7.79. The van der Waals surface area contributed by atoms with Gasteiger partial charge in [0.25, 0.3) is 0 Å². The minimum absolute atomic E-state index is 0.0439. The molecule has 0 saturated heterocycles. The second-order valence-corrected chi connectivity index (χ2v) is 13.8. The van der Waals surface area contributed by atoms with Gasteiger partial charge >= 0.3 is 0 Å². The fourth-order valence-corrected chi connectivity index (χ4v) is 7.79. The van der Waals surface area contributed by atoms with E-state index in [9.17, 15) is 4.39 Å². The number of ether oxygens (including phenoxy) is 1. The van der Waals surface area contributed by atoms with E-state index in [1.165, 1.54) is 70.3 Å². The van der Waals surface area contributed by atoms with E-state index >= 15 is 8.78 Å². The van der Waals surface area contributed by atoms with Crippen LogP contribution >= 0.6 is 0 Å². The number of allylic oxidation sites excluding steroid dienone is 2. The first-order chi connectivity index (χ1) is 22.5. The first kappa shape index (κ1) is 34.3. The highest BCUT2D eigenvalue weighted by Crippen LogP contribution is 2.42. The van der Waals surface area contributed by atoms with Crippen LogP contribution < -0.4 is 4.74 Å². The zero-order chi connectivity index (χ0) is 32.3. The molecule has 1 nitrogen and oxygen atoms in total. The highest BCUT2D eigenvalue weighted by Gasteiger charge is 2.29. The summed E-state index contributed by atoms with van der Waals surface area (Å²) in [5, 5.41) is 0. The predicted octanol–water partition coefficient (Wildman–Crippen LogP) is 13.4. The molecule has 0 bridgehead atoms. The standard InChI is InChI=1S/C42H53F3O/c1-3-5-6-7-8-9-10-28-46-40-27-26-38(41(44)42(40)45)35-22-18-33(19-23-35)36-24-25-37(39(43)29-36)34-20-16-32(17-21-34)31-14-12-30(11-4-2)13-15-31/h18-20,22-27,29-32H,3-17,21,28H2,1-2H3. The van der Waals surface area contributed by atoms with Crippen LogP contribution in [-0.4, -0.2) is 6.61 Å². The van der Waals surface area contributed by atoms with Gasteiger partial charge in [-0.3, -0.25) is 0 Å². The van der Waals surface area contributed by atoms with Crippen molar-refractivity contribution in [2.45, 2.75) is 117 Å². The monoisotopic (exact) mass is 630 g/mol. The maximum Gasteiger partial charge on any atom is 0.201 e. The van der Waals surface area contributed by atoms with Crippen molar-refractivity contribution in [2.24, 2.45) is 17.8 Å². The van der Waals surface area contributed by atoms with Crippen LogP contribution in [0.15, 0.2) is 60.7 Å². The SMILES string of the molecule is CCCCCCCCCOc1ccc(-c2ccc(-c3ccc(C4=CCC(C5CCC(CCC)CC5)CC4)c(F)c3)cc2)c(F)c1F. The summed E-state index contributed by atoms with van der Waals surface area (Å²) in [7, 11) is 0. The van der Waals surface area contributed by atoms with Crippen LogP contribution in [0.25, 0.3) is 27.8 Å². The highest BCUT2D eigenvalue weighted by molar-refractivity contribution is 5.74. The van der Waals surface area contributed by atoms with E-state index in [1.54, 1.807) is 24.3 Å². The number of hydrogen-bond acceptors (Lipinski definition) is 1. The number of halogens is 3. The third-order valence-electron chi connectivity index (χ3n) is 10.6. The summed E-state index contributed by atoms with van der Waals surface area (Å²) >= 11 is 0. The quantitative estimate of drug-likeness (QED) is 0.152. The molecule has 1 atom stereocenters. The largest absolute Gasteiger partial charge is 0.490 e. The third kappa shape index (κ3) is 8.87. The van der Waals surface area contributed by atoms with Gasteiger partial charge in [0.1, 0.15) is 5.82 Å². The third-order valence-corrected chi connectivity index (χ3v) is 10.6. The lowest BCUT2D eigenvalue weighted by Gasteiger charge is -2.35. The first-order valence-electron chi connectivity index (χ1n) is 18.2. The maximum atomic E-state index is 15.4. The van der Waals surface area contributed by atoms with Crippen LogP contribution in [0.5, 0.6) is 5.75 Å². The fraction of sp³-hybridized carbons (Fsp3) is 0.524. The van der Waals surface area contributed by atoms with Crippen molar-refractivity contribution in [3.63, 3.8) is 0 Å². The second kappa shape index (κ2) is 17.2. The van der Waals surface area contributed by atoms with Gasteiger partial charge in [-0.05, 0) is 96.7 Å². The molecule has 3 aromatic carbocycles. The molecule has 0 N–H and O–H groups in total. The van der Waals surface area contributed by atoms with Crippen LogP contribution in [0.2, 0.25) is 0 Å². The Labute approximate surface area is 275 Å². The number of unbranched alkanes of at least 4 members (excludes halogenated alkanes) is 6. The van der Waals surface area contributed by atoms with E-state index in [4.69, 9.17) is 4.74 Å². The number of rotatable bonds is 15. The van der Waals surface area contributed by atoms with E-state index in [0.717, 1.165) is 73.0 Å². The Bertz CT molecular complexity index is 1420. The van der Waals surface area contributed by atoms with Crippen molar-refractivity contribution in [1.82, 2.24) is 0 Å². The first-order valence-corrected chi connectivity index (χ1v) is 18.2. The van der Waals surface area contributed by atoms with Gasteiger partial charge in [-0.2, -0.15) is 4.39 Å². The summed E-state index contributed by atoms with van der Waals surface area (Å²) in [5.41, 5.74) is 4.19. The summed E-state index contributed by atoms with van der Waals surface area (Å²) in [6.45, 7) is 4.87. The van der Waals surface area contributed by atoms with E-state index in [2.05, 4.69) is 19.9 Å². The molecule has 0 radical (unpaired) electrons. The molecule has 46 heavy (non-hydrogen) atoms. The van der Waals surface area contributed by atoms with E-state index in [-0.39, 0.29) is 17.1 Å². The summed E-state index contributed by atoms with van der Waals surface area (Å²) < 4.78 is 50.9. The molecule has 0 spiro atoms. The van der Waals surface area contributed by atoms with Crippen molar-refractivity contribution in [2.75, 3.05) is 6.61 Å². The molecule has 0 aliphatic heterocycles. The van der Waals surface area contributed by atoms with E-state index in [0.29, 0.717) is 17.7 Å². The highest BCUT2D eigenvalue weighted by atomic mass is 19.2. The summed E-state index contributed by atoms with van der Waals surface area (Å²) in [4.78, 5) is 0. The lowest BCUT2D eigenvalue weighted by atomic mass is 9.70. The number of hydrogen-bond donors (Lipinski definition) is 0. The molecule has 1 unspecified atom stereocenters. The van der Waals surface area contributed by atoms with Crippen molar-refractivity contribution >= 4 is 5.57 Å². The van der Waals surface area contributed by atoms with Gasteiger partial charge in [0.15, 0.2) is 11.6 Å². The molecular weight excluding hydrogens is 577 g/mol. The van der Waals surface area contributed by atoms with Crippen molar-refractivity contribution in [1.29, 1.82) is 0 Å². The number of benzene rings is 3. The molecule has 0 amide bonds. The van der Waals surface area contributed by atoms with Gasteiger partial charge in [0, 0.05) is 11.1 Å². The minimum atomic E-state index is -0.954. The Morgan fingerprint density at radius 2 is 1.30 bits per heavy atom. The molecule has 248 valence electrons. The van der Waals surface area contributed by atoms with Crippen LogP contribution in [0.3, 0.4) is 0 Å². The molecule has 2 aliphatic rings. The van der Waals surface area contributed by atoms with Crippen molar-refractivity contribution < 1.29 is 17.9 Å². The van der Waals surface area contributed by atoms with Gasteiger partial charge in [-0.15, -0.1) is 0 Å². The lowest BCUT2D eigenvalue weighted by Crippen LogP contribution is -2.23. The van der Waals surface area contributed by atoms with Crippen LogP contribution in [-0.2, 0) is 0 Å². The molecule has 1 saturated carbocycles. The van der Waals surface area contributed by atoms with E-state index < -0.39 is 11.6 Å². The molecule has 3 aromatic rings. The Hall–Kier alpha value is -3.01. The molecule has 4 heteroatoms. The van der Waals surface area contributed by atoms with E-state index in [1.807, 2.05) is 24.3 Å². The maximum absolute atomic E-state index is 15.4. The van der Waals surface area contributed by atoms with Gasteiger partial charge in [-0.25, -0.2) is 8.78 Å². The van der Waals surface area contributed by atoms with Crippen LogP contribution in [0.1, 0.15) is 122 Å². The van der Waals surface area contributed by atoms with Crippen molar-refractivity contribution in [3.05, 3.63) is 83.7 Å². The minimum Gasteiger partial charge on any atom is -0.490 e. The smallest absolute Gasteiger partial charge is 0.201 e. The normalized spacial score (nSPS) is 20.0. The van der Waals surface area contributed by atoms with Crippen molar-refractivity contribution in [3.8, 4) is 28.0 Å². The zero-order valence-electron chi connectivity index (χ0n) is 28.1. The second-order valence-electron chi connectivity index (χ2n) is 13.8. The Morgan fingerprint density at radius 1 is 0.630 bits per heavy atom. The van der Waals surface area contributed by atoms with Crippen LogP contribution in [0.4, 0.5) is 13.2 Å². The molecule has 0 aromatic heterocycles. The Balaban J connectivity index is 1.16. The van der Waals surface area contributed by atoms with Gasteiger partial charge in [-0.1, -0.05) is 121 Å². The summed E-state index contributed by atoms with van der Waals surface area (Å²) in [5.74, 6) is 0.391. The predicted molar refractivity (Wildman–Crippen MR) is 186 cm³/mol. The average Bonchev–Trinajstić information content (AvgIpc) is 3.08. The summed E-state index contributed by atoms with van der Waals surface area (Å²) in [6, 6.07) is 15.8. The van der Waals surface area contributed by atoms with Gasteiger partial charge in [0.2, 0.25) is 5.82 Å². The summed E-state index contributed by atoms with van der Waals surface area (Å²) in [6.07, 6.45) is 21.6. The average molecular weight is 631 g/mol. The molecular formula is C42H53F3O. The topological polar surface area (TPSA) is 9.23 Å². The molecule has 2 aliphatic carbocycles. The Morgan fingerprint density at radius 3 is 1.98 bits per heavy atom. The molecule has 5 rings (SSSR count). The van der Waals surface area contributed by atoms with Crippen LogP contribution in [0, 0.1) is 35.2 Å². The van der Waals surface area contributed by atoms with Gasteiger partial charge < -0.3 is 4.74 Å². The van der Waals surface area contributed by atoms with Gasteiger partial charge in [0.05, 0.1) is 6.61 Å². The lowest BCUT2D eigenvalue weighted by molar-refractivity contribution is 0.189. The zero-order valence-corrected chi connectivity index (χ0v) is 28.1. The molecule has 1 fully saturated rings.